The number of anilines is 2. The molecule has 0 bridgehead atoms. The lowest BCUT2D eigenvalue weighted by Gasteiger charge is -2.25. The fourth-order valence-corrected chi connectivity index (χ4v) is 2.20. The van der Waals surface area contributed by atoms with Crippen LogP contribution in [0.2, 0.25) is 5.02 Å². The lowest BCUT2D eigenvalue weighted by atomic mass is 9.96. The molecular weight excluding hydrogens is 278 g/mol. The van der Waals surface area contributed by atoms with Gasteiger partial charge in [0.15, 0.2) is 0 Å². The van der Waals surface area contributed by atoms with E-state index in [-0.39, 0.29) is 6.04 Å². The molecule has 5 nitrogen and oxygen atoms in total. The van der Waals surface area contributed by atoms with Gasteiger partial charge in [0.05, 0.1) is 10.7 Å². The summed E-state index contributed by atoms with van der Waals surface area (Å²) in [5.74, 6) is 0. The second-order valence-corrected chi connectivity index (χ2v) is 6.09. The highest BCUT2D eigenvalue weighted by Crippen LogP contribution is 2.31. The first-order valence-electron chi connectivity index (χ1n) is 6.43. The molecule has 5 N–H and O–H groups in total. The number of rotatable bonds is 5. The Bertz CT molecular complexity index is 501. The third-order valence-electron chi connectivity index (χ3n) is 2.67. The first-order chi connectivity index (χ1) is 9.10. The SMILES string of the molecule is CC(C)Nc1cc(CC(C)(C)OC(N)=O)c(N)cc1Cl. The van der Waals surface area contributed by atoms with Gasteiger partial charge in [-0.3, -0.25) is 0 Å². The summed E-state index contributed by atoms with van der Waals surface area (Å²) >= 11 is 6.15. The van der Waals surface area contributed by atoms with Crippen LogP contribution < -0.4 is 16.8 Å². The maximum absolute atomic E-state index is 10.9. The molecule has 0 saturated carbocycles. The predicted octanol–water partition coefficient (Wildman–Crippen LogP) is 3.16. The lowest BCUT2D eigenvalue weighted by molar-refractivity contribution is 0.0461. The molecule has 1 aromatic carbocycles. The molecule has 1 aromatic rings. The molecule has 0 aliphatic heterocycles. The van der Waals surface area contributed by atoms with Crippen molar-refractivity contribution in [1.82, 2.24) is 0 Å². The van der Waals surface area contributed by atoms with Crippen LogP contribution in [-0.4, -0.2) is 17.7 Å². The summed E-state index contributed by atoms with van der Waals surface area (Å²) in [6.45, 7) is 7.60. The highest BCUT2D eigenvalue weighted by Gasteiger charge is 2.24. The molecule has 0 radical (unpaired) electrons. The standard InChI is InChI=1S/C14H22ClN3O2/c1-8(2)18-12-5-9(11(16)6-10(12)15)7-14(3,4)20-13(17)19/h5-6,8,18H,7,16H2,1-4H3,(H2,17,19). The third kappa shape index (κ3) is 4.81. The zero-order valence-corrected chi connectivity index (χ0v) is 13.0. The van der Waals surface area contributed by atoms with Gasteiger partial charge in [-0.25, -0.2) is 4.79 Å². The van der Waals surface area contributed by atoms with Gasteiger partial charge in [-0.15, -0.1) is 0 Å². The molecule has 0 atom stereocenters. The Morgan fingerprint density at radius 2 is 2.05 bits per heavy atom. The van der Waals surface area contributed by atoms with Crippen LogP contribution in [0.1, 0.15) is 33.3 Å². The van der Waals surface area contributed by atoms with Crippen molar-refractivity contribution in [2.45, 2.75) is 45.8 Å². The molecule has 1 amide bonds. The number of carbonyl (C=O) groups excluding carboxylic acids is 1. The molecule has 0 heterocycles. The first kappa shape index (κ1) is 16.4. The topological polar surface area (TPSA) is 90.4 Å². The Hall–Kier alpha value is -1.62. The van der Waals surface area contributed by atoms with Crippen molar-refractivity contribution >= 4 is 29.1 Å². The number of amides is 1. The van der Waals surface area contributed by atoms with Crippen LogP contribution in [-0.2, 0) is 11.2 Å². The summed E-state index contributed by atoms with van der Waals surface area (Å²) in [6.07, 6.45) is -0.353. The number of halogens is 1. The average molecular weight is 300 g/mol. The van der Waals surface area contributed by atoms with E-state index >= 15 is 0 Å². The Balaban J connectivity index is 3.03. The highest BCUT2D eigenvalue weighted by atomic mass is 35.5. The smallest absolute Gasteiger partial charge is 0.405 e. The number of hydrogen-bond donors (Lipinski definition) is 3. The molecule has 0 fully saturated rings. The molecule has 0 spiro atoms. The van der Waals surface area contributed by atoms with Crippen LogP contribution in [0.3, 0.4) is 0 Å². The maximum atomic E-state index is 10.9. The first-order valence-corrected chi connectivity index (χ1v) is 6.81. The molecule has 112 valence electrons. The zero-order valence-electron chi connectivity index (χ0n) is 12.3. The number of nitrogen functional groups attached to an aromatic ring is 1. The Kier molecular flexibility index (Phi) is 5.11. The molecule has 1 rings (SSSR count). The second-order valence-electron chi connectivity index (χ2n) is 5.69. The Morgan fingerprint density at radius 1 is 1.45 bits per heavy atom. The molecule has 6 heteroatoms. The number of benzene rings is 1. The van der Waals surface area contributed by atoms with E-state index in [0.717, 1.165) is 11.3 Å². The predicted molar refractivity (Wildman–Crippen MR) is 83.1 cm³/mol. The van der Waals surface area contributed by atoms with Crippen LogP contribution in [0.25, 0.3) is 0 Å². The molecule has 0 aromatic heterocycles. The van der Waals surface area contributed by atoms with Gasteiger partial charge < -0.3 is 21.5 Å². The van der Waals surface area contributed by atoms with Crippen LogP contribution in [0.15, 0.2) is 12.1 Å². The van der Waals surface area contributed by atoms with E-state index in [2.05, 4.69) is 5.32 Å². The van der Waals surface area contributed by atoms with Gasteiger partial charge >= 0.3 is 6.09 Å². The summed E-state index contributed by atoms with van der Waals surface area (Å²) < 4.78 is 5.08. The van der Waals surface area contributed by atoms with E-state index in [1.807, 2.05) is 19.9 Å². The van der Waals surface area contributed by atoms with E-state index in [1.165, 1.54) is 0 Å². The van der Waals surface area contributed by atoms with Crippen LogP contribution >= 0.6 is 11.6 Å². The zero-order chi connectivity index (χ0) is 15.5. The fourth-order valence-electron chi connectivity index (χ4n) is 1.98. The highest BCUT2D eigenvalue weighted by molar-refractivity contribution is 6.33. The molecule has 0 saturated heterocycles. The number of primary amides is 1. The van der Waals surface area contributed by atoms with Crippen molar-refractivity contribution in [3.05, 3.63) is 22.7 Å². The lowest BCUT2D eigenvalue weighted by Crippen LogP contribution is -2.33. The third-order valence-corrected chi connectivity index (χ3v) is 2.98. The van der Waals surface area contributed by atoms with Gasteiger partial charge in [0.1, 0.15) is 5.60 Å². The number of nitrogens with one attached hydrogen (secondary N) is 1. The second kappa shape index (κ2) is 6.22. The van der Waals surface area contributed by atoms with Gasteiger partial charge in [-0.2, -0.15) is 0 Å². The van der Waals surface area contributed by atoms with Crippen molar-refractivity contribution in [1.29, 1.82) is 0 Å². The van der Waals surface area contributed by atoms with Crippen LogP contribution in [0, 0.1) is 0 Å². The van der Waals surface area contributed by atoms with E-state index < -0.39 is 11.7 Å². The van der Waals surface area contributed by atoms with E-state index in [9.17, 15) is 4.79 Å². The van der Waals surface area contributed by atoms with Gasteiger partial charge in [0.2, 0.25) is 0 Å². The molecule has 0 aliphatic carbocycles. The van der Waals surface area contributed by atoms with Gasteiger partial charge in [0.25, 0.3) is 0 Å². The molecular formula is C14H22ClN3O2. The minimum absolute atomic E-state index is 0.249. The summed E-state index contributed by atoms with van der Waals surface area (Å²) in [6, 6.07) is 3.82. The summed E-state index contributed by atoms with van der Waals surface area (Å²) in [4.78, 5) is 10.9. The summed E-state index contributed by atoms with van der Waals surface area (Å²) in [5, 5.41) is 3.81. The van der Waals surface area contributed by atoms with Gasteiger partial charge in [-0.1, -0.05) is 11.6 Å². The van der Waals surface area contributed by atoms with E-state index in [1.54, 1.807) is 19.9 Å². The normalized spacial score (nSPS) is 11.5. The Morgan fingerprint density at radius 3 is 2.55 bits per heavy atom. The molecule has 0 unspecified atom stereocenters. The van der Waals surface area contributed by atoms with E-state index in [4.69, 9.17) is 27.8 Å². The summed E-state index contributed by atoms with van der Waals surface area (Å²) in [5.41, 5.74) is 12.5. The molecule has 20 heavy (non-hydrogen) atoms. The van der Waals surface area contributed by atoms with Crippen molar-refractivity contribution in [2.75, 3.05) is 11.1 Å². The monoisotopic (exact) mass is 299 g/mol. The largest absolute Gasteiger partial charge is 0.443 e. The van der Waals surface area contributed by atoms with Crippen molar-refractivity contribution in [3.8, 4) is 0 Å². The number of carbonyl (C=O) groups is 1. The van der Waals surface area contributed by atoms with Crippen LogP contribution in [0.5, 0.6) is 0 Å². The minimum Gasteiger partial charge on any atom is -0.443 e. The summed E-state index contributed by atoms with van der Waals surface area (Å²) in [7, 11) is 0. The number of nitrogens with two attached hydrogens (primary N) is 2. The fraction of sp³-hybridized carbons (Fsp3) is 0.500. The van der Waals surface area contributed by atoms with Gasteiger partial charge in [0, 0.05) is 18.2 Å². The van der Waals surface area contributed by atoms with Gasteiger partial charge in [-0.05, 0) is 45.4 Å². The van der Waals surface area contributed by atoms with Crippen molar-refractivity contribution < 1.29 is 9.53 Å². The van der Waals surface area contributed by atoms with Crippen molar-refractivity contribution in [3.63, 3.8) is 0 Å². The number of ether oxygens (including phenoxy) is 1. The van der Waals surface area contributed by atoms with E-state index in [0.29, 0.717) is 17.1 Å². The quantitative estimate of drug-likeness (QED) is 0.728. The average Bonchev–Trinajstić information content (AvgIpc) is 2.22. The Labute approximate surface area is 124 Å². The maximum Gasteiger partial charge on any atom is 0.405 e. The van der Waals surface area contributed by atoms with Crippen molar-refractivity contribution in [2.24, 2.45) is 5.73 Å². The minimum atomic E-state index is -0.803. The number of hydrogen-bond acceptors (Lipinski definition) is 4. The molecule has 0 aliphatic rings. The van der Waals surface area contributed by atoms with Crippen LogP contribution in [0.4, 0.5) is 16.2 Å².